The molecule has 1 aromatic carbocycles. The Labute approximate surface area is 106 Å². The molecule has 0 radical (unpaired) electrons. The average molecular weight is 253 g/mol. The van der Waals surface area contributed by atoms with Crippen molar-refractivity contribution in [2.24, 2.45) is 5.73 Å². The van der Waals surface area contributed by atoms with Crippen molar-refractivity contribution in [3.8, 4) is 5.75 Å². The Bertz CT molecular complexity index is 451. The minimum atomic E-state index is -0.0252. The fraction of sp³-hybridized carbons (Fsp3) is 0.538. The monoisotopic (exact) mass is 252 g/mol. The molecule has 3 rings (SSSR count). The molecular formula is C13H17ClN2O. The van der Waals surface area contributed by atoms with E-state index in [1.165, 1.54) is 11.1 Å². The maximum atomic E-state index is 6.13. The summed E-state index contributed by atoms with van der Waals surface area (Å²) >= 11 is 6.13. The molecule has 17 heavy (non-hydrogen) atoms. The van der Waals surface area contributed by atoms with Crippen molar-refractivity contribution in [2.75, 3.05) is 19.7 Å². The van der Waals surface area contributed by atoms with Crippen LogP contribution in [-0.4, -0.2) is 30.1 Å². The van der Waals surface area contributed by atoms with E-state index in [1.54, 1.807) is 0 Å². The molecule has 0 aromatic heterocycles. The molecule has 1 fully saturated rings. The third-order valence-corrected chi connectivity index (χ3v) is 3.61. The molecule has 0 amide bonds. The van der Waals surface area contributed by atoms with Gasteiger partial charge in [-0.15, -0.1) is 0 Å². The van der Waals surface area contributed by atoms with E-state index >= 15 is 0 Å². The van der Waals surface area contributed by atoms with Crippen LogP contribution < -0.4 is 10.5 Å². The van der Waals surface area contributed by atoms with Crippen LogP contribution in [0.1, 0.15) is 18.1 Å². The van der Waals surface area contributed by atoms with Gasteiger partial charge in [0.25, 0.3) is 0 Å². The Morgan fingerprint density at radius 3 is 2.94 bits per heavy atom. The van der Waals surface area contributed by atoms with Gasteiger partial charge in [-0.05, 0) is 24.6 Å². The molecule has 0 unspecified atom stereocenters. The van der Waals surface area contributed by atoms with E-state index in [-0.39, 0.29) is 5.54 Å². The highest BCUT2D eigenvalue weighted by atomic mass is 35.5. The van der Waals surface area contributed by atoms with Gasteiger partial charge in [-0.3, -0.25) is 4.90 Å². The fourth-order valence-electron chi connectivity index (χ4n) is 2.79. The molecule has 3 nitrogen and oxygen atoms in total. The van der Waals surface area contributed by atoms with Crippen LogP contribution >= 0.6 is 11.6 Å². The quantitative estimate of drug-likeness (QED) is 0.873. The summed E-state index contributed by atoms with van der Waals surface area (Å²) in [6.07, 6.45) is 0.970. The molecular weight excluding hydrogens is 236 g/mol. The van der Waals surface area contributed by atoms with Crippen LogP contribution in [0.3, 0.4) is 0 Å². The van der Waals surface area contributed by atoms with Gasteiger partial charge in [0.05, 0.1) is 6.61 Å². The number of nitrogens with two attached hydrogens (primary N) is 1. The number of halogens is 1. The second kappa shape index (κ2) is 3.87. The van der Waals surface area contributed by atoms with Crippen molar-refractivity contribution in [2.45, 2.75) is 25.4 Å². The van der Waals surface area contributed by atoms with Crippen molar-refractivity contribution in [3.63, 3.8) is 0 Å². The maximum absolute atomic E-state index is 6.13. The summed E-state index contributed by atoms with van der Waals surface area (Å²) in [6.45, 7) is 5.62. The first-order chi connectivity index (χ1) is 8.03. The molecule has 1 saturated heterocycles. The third-order valence-electron chi connectivity index (χ3n) is 3.39. The van der Waals surface area contributed by atoms with Gasteiger partial charge < -0.3 is 10.5 Å². The molecule has 4 heteroatoms. The van der Waals surface area contributed by atoms with Crippen molar-refractivity contribution in [1.29, 1.82) is 0 Å². The Kier molecular flexibility index (Phi) is 2.58. The zero-order valence-corrected chi connectivity index (χ0v) is 10.8. The lowest BCUT2D eigenvalue weighted by molar-refractivity contribution is 0.0755. The van der Waals surface area contributed by atoms with Gasteiger partial charge in [-0.2, -0.15) is 0 Å². The number of hydrogen-bond donors (Lipinski definition) is 1. The van der Waals surface area contributed by atoms with E-state index in [9.17, 15) is 0 Å². The third kappa shape index (κ3) is 2.15. The lowest BCUT2D eigenvalue weighted by Gasteiger charge is -2.45. The molecule has 92 valence electrons. The number of likely N-dealkylation sites (tertiary alicyclic amines) is 1. The minimum absolute atomic E-state index is 0.0252. The van der Waals surface area contributed by atoms with E-state index in [2.05, 4.69) is 11.8 Å². The molecule has 1 aromatic rings. The predicted octanol–water partition coefficient (Wildman–Crippen LogP) is 1.81. The van der Waals surface area contributed by atoms with Gasteiger partial charge in [0.15, 0.2) is 0 Å². The van der Waals surface area contributed by atoms with E-state index in [4.69, 9.17) is 22.1 Å². The summed E-state index contributed by atoms with van der Waals surface area (Å²) in [6, 6.07) is 4.02. The number of ether oxygens (including phenoxy) is 1. The van der Waals surface area contributed by atoms with Crippen molar-refractivity contribution in [1.82, 2.24) is 4.90 Å². The van der Waals surface area contributed by atoms with Gasteiger partial charge in [0.2, 0.25) is 0 Å². The normalized spacial score (nSPS) is 21.8. The second-order valence-electron chi connectivity index (χ2n) is 5.45. The van der Waals surface area contributed by atoms with Crippen molar-refractivity contribution < 1.29 is 4.74 Å². The zero-order valence-electron chi connectivity index (χ0n) is 10.0. The molecule has 0 atom stereocenters. The molecule has 2 N–H and O–H groups in total. The molecule has 0 spiro atoms. The second-order valence-corrected chi connectivity index (χ2v) is 5.89. The van der Waals surface area contributed by atoms with Crippen LogP contribution in [0.5, 0.6) is 5.75 Å². The van der Waals surface area contributed by atoms with Crippen LogP contribution in [0.25, 0.3) is 0 Å². The van der Waals surface area contributed by atoms with Crippen LogP contribution in [0.4, 0.5) is 0 Å². The van der Waals surface area contributed by atoms with E-state index < -0.39 is 0 Å². The number of rotatable bonds is 2. The van der Waals surface area contributed by atoms with Gasteiger partial charge in [0, 0.05) is 42.2 Å². The summed E-state index contributed by atoms with van der Waals surface area (Å²) in [4.78, 5) is 2.33. The Morgan fingerprint density at radius 2 is 2.24 bits per heavy atom. The Hall–Kier alpha value is -0.770. The largest absolute Gasteiger partial charge is 0.493 e. The van der Waals surface area contributed by atoms with Crippen LogP contribution in [0.2, 0.25) is 5.02 Å². The standard InChI is InChI=1S/C13H17ClN2O/c1-13(15)7-16(8-13)6-10-5-11(14)4-9-2-3-17-12(9)10/h4-5H,2-3,6-8,15H2,1H3. The molecule has 0 aliphatic carbocycles. The smallest absolute Gasteiger partial charge is 0.127 e. The van der Waals surface area contributed by atoms with Gasteiger partial charge in [0.1, 0.15) is 5.75 Å². The molecule has 2 aliphatic rings. The van der Waals surface area contributed by atoms with E-state index in [0.717, 1.165) is 43.4 Å². The summed E-state index contributed by atoms with van der Waals surface area (Å²) in [5, 5.41) is 0.806. The first kappa shape index (κ1) is 11.3. The highest BCUT2D eigenvalue weighted by Crippen LogP contribution is 2.34. The van der Waals surface area contributed by atoms with Crippen molar-refractivity contribution >= 4 is 11.6 Å². The fourth-order valence-corrected chi connectivity index (χ4v) is 3.05. The summed E-state index contributed by atoms with van der Waals surface area (Å²) in [5.74, 6) is 1.04. The first-order valence-corrected chi connectivity index (χ1v) is 6.37. The van der Waals surface area contributed by atoms with E-state index in [1.807, 2.05) is 12.1 Å². The minimum Gasteiger partial charge on any atom is -0.493 e. The maximum Gasteiger partial charge on any atom is 0.127 e. The zero-order chi connectivity index (χ0) is 12.0. The summed E-state index contributed by atoms with van der Waals surface area (Å²) < 4.78 is 5.69. The molecule has 0 bridgehead atoms. The Morgan fingerprint density at radius 1 is 1.47 bits per heavy atom. The number of fused-ring (bicyclic) bond motifs is 1. The predicted molar refractivity (Wildman–Crippen MR) is 68.5 cm³/mol. The Balaban J connectivity index is 1.79. The van der Waals surface area contributed by atoms with Crippen molar-refractivity contribution in [3.05, 3.63) is 28.3 Å². The number of hydrogen-bond acceptors (Lipinski definition) is 3. The van der Waals surface area contributed by atoms with E-state index in [0.29, 0.717) is 0 Å². The summed E-state index contributed by atoms with van der Waals surface area (Å²) in [7, 11) is 0. The summed E-state index contributed by atoms with van der Waals surface area (Å²) in [5.41, 5.74) is 8.42. The molecule has 0 saturated carbocycles. The lowest BCUT2D eigenvalue weighted by atomic mass is 9.93. The highest BCUT2D eigenvalue weighted by molar-refractivity contribution is 6.30. The number of nitrogens with zero attached hydrogens (tertiary/aromatic N) is 1. The van der Waals surface area contributed by atoms with Crippen LogP contribution in [-0.2, 0) is 13.0 Å². The topological polar surface area (TPSA) is 38.5 Å². The van der Waals surface area contributed by atoms with Gasteiger partial charge in [-0.25, -0.2) is 0 Å². The van der Waals surface area contributed by atoms with Gasteiger partial charge in [-0.1, -0.05) is 11.6 Å². The molecule has 2 aliphatic heterocycles. The lowest BCUT2D eigenvalue weighted by Crippen LogP contribution is -2.64. The molecule has 2 heterocycles. The van der Waals surface area contributed by atoms with Crippen LogP contribution in [0, 0.1) is 0 Å². The average Bonchev–Trinajstić information content (AvgIpc) is 2.62. The highest BCUT2D eigenvalue weighted by Gasteiger charge is 2.35. The first-order valence-electron chi connectivity index (χ1n) is 5.99. The van der Waals surface area contributed by atoms with Gasteiger partial charge >= 0.3 is 0 Å². The number of benzene rings is 1. The van der Waals surface area contributed by atoms with Crippen LogP contribution in [0.15, 0.2) is 12.1 Å². The SMILES string of the molecule is CC1(N)CN(Cc2cc(Cl)cc3c2OCC3)C1.